The van der Waals surface area contributed by atoms with Gasteiger partial charge in [0.25, 0.3) is 0 Å². The summed E-state index contributed by atoms with van der Waals surface area (Å²) in [6.07, 6.45) is -0.0381. The average Bonchev–Trinajstić information content (AvgIpc) is 2.27. The van der Waals surface area contributed by atoms with Crippen LogP contribution in [0.4, 0.5) is 0 Å². The molecule has 5 heteroatoms. The van der Waals surface area contributed by atoms with Gasteiger partial charge in [0.05, 0.1) is 20.1 Å². The molecule has 1 aromatic carbocycles. The summed E-state index contributed by atoms with van der Waals surface area (Å²) in [5, 5.41) is 8.73. The zero-order valence-corrected chi connectivity index (χ0v) is 8.86. The van der Waals surface area contributed by atoms with Crippen LogP contribution in [0.1, 0.15) is 11.1 Å². The van der Waals surface area contributed by atoms with E-state index in [-0.39, 0.29) is 13.2 Å². The third-order valence-electron chi connectivity index (χ3n) is 2.31. The van der Waals surface area contributed by atoms with Crippen LogP contribution < -0.4 is 9.47 Å². The molecule has 0 atom stereocenters. The number of rotatable bonds is 3. The Kier molecular flexibility index (Phi) is 2.96. The van der Waals surface area contributed by atoms with Crippen molar-refractivity contribution in [1.29, 1.82) is 0 Å². The van der Waals surface area contributed by atoms with Gasteiger partial charge in [-0.15, -0.1) is 0 Å². The fraction of sp³-hybridized carbons (Fsp3) is 0.364. The predicted octanol–water partition coefficient (Wildman–Crippen LogP) is 1.19. The summed E-state index contributed by atoms with van der Waals surface area (Å²) < 4.78 is 15.6. The van der Waals surface area contributed by atoms with E-state index in [1.807, 2.05) is 0 Å². The van der Waals surface area contributed by atoms with Crippen LogP contribution in [-0.2, 0) is 22.6 Å². The quantitative estimate of drug-likeness (QED) is 0.835. The van der Waals surface area contributed by atoms with E-state index >= 15 is 0 Å². The van der Waals surface area contributed by atoms with Crippen molar-refractivity contribution in [2.45, 2.75) is 13.0 Å². The van der Waals surface area contributed by atoms with E-state index in [0.717, 1.165) is 5.56 Å². The molecule has 1 aliphatic rings. The number of ether oxygens (including phenoxy) is 3. The Bertz CT molecular complexity index is 396. The number of carboxylic acid groups (broad SMARTS) is 1. The molecule has 16 heavy (non-hydrogen) atoms. The number of hydrogen-bond donors (Lipinski definition) is 1. The Morgan fingerprint density at radius 1 is 1.56 bits per heavy atom. The van der Waals surface area contributed by atoms with E-state index in [1.165, 1.54) is 7.11 Å². The summed E-state index contributed by atoms with van der Waals surface area (Å²) in [5.41, 5.74) is 1.50. The van der Waals surface area contributed by atoms with Crippen molar-refractivity contribution in [3.05, 3.63) is 23.3 Å². The number of benzene rings is 1. The van der Waals surface area contributed by atoms with Gasteiger partial charge in [0, 0.05) is 5.56 Å². The summed E-state index contributed by atoms with van der Waals surface area (Å²) in [7, 11) is 1.53. The number of aliphatic carboxylic acids is 1. The predicted molar refractivity (Wildman–Crippen MR) is 54.6 cm³/mol. The van der Waals surface area contributed by atoms with E-state index in [0.29, 0.717) is 23.7 Å². The van der Waals surface area contributed by atoms with E-state index in [1.54, 1.807) is 12.1 Å². The van der Waals surface area contributed by atoms with Crippen LogP contribution in [0.2, 0.25) is 0 Å². The van der Waals surface area contributed by atoms with E-state index < -0.39 is 5.97 Å². The highest BCUT2D eigenvalue weighted by molar-refractivity contribution is 5.71. The van der Waals surface area contributed by atoms with Gasteiger partial charge < -0.3 is 19.3 Å². The summed E-state index contributed by atoms with van der Waals surface area (Å²) in [6, 6.07) is 3.45. The summed E-state index contributed by atoms with van der Waals surface area (Å²) in [5.74, 6) is 0.319. The Morgan fingerprint density at radius 2 is 2.38 bits per heavy atom. The topological polar surface area (TPSA) is 65.0 Å². The van der Waals surface area contributed by atoms with E-state index in [4.69, 9.17) is 19.3 Å². The maximum atomic E-state index is 10.6. The summed E-state index contributed by atoms with van der Waals surface area (Å²) in [6.45, 7) is 0.612. The second-order valence-corrected chi connectivity index (χ2v) is 3.47. The molecule has 0 saturated heterocycles. The van der Waals surface area contributed by atoms with Crippen molar-refractivity contribution in [2.24, 2.45) is 0 Å². The first-order valence-corrected chi connectivity index (χ1v) is 4.83. The van der Waals surface area contributed by atoms with Crippen LogP contribution in [0.3, 0.4) is 0 Å². The van der Waals surface area contributed by atoms with Crippen molar-refractivity contribution in [3.8, 4) is 11.5 Å². The number of fused-ring (bicyclic) bond motifs is 1. The van der Waals surface area contributed by atoms with Crippen LogP contribution in [0.5, 0.6) is 11.5 Å². The minimum atomic E-state index is -0.875. The maximum absolute atomic E-state index is 10.6. The molecule has 0 radical (unpaired) electrons. The van der Waals surface area contributed by atoms with Gasteiger partial charge in [-0.1, -0.05) is 0 Å². The van der Waals surface area contributed by atoms with Gasteiger partial charge in [-0.2, -0.15) is 0 Å². The van der Waals surface area contributed by atoms with Crippen molar-refractivity contribution >= 4 is 5.97 Å². The van der Waals surface area contributed by atoms with Gasteiger partial charge in [-0.05, 0) is 17.7 Å². The summed E-state index contributed by atoms with van der Waals surface area (Å²) >= 11 is 0. The smallest absolute Gasteiger partial charge is 0.307 e. The highest BCUT2D eigenvalue weighted by Crippen LogP contribution is 2.35. The molecule has 1 heterocycles. The average molecular weight is 224 g/mol. The molecule has 0 spiro atoms. The normalized spacial score (nSPS) is 13.8. The van der Waals surface area contributed by atoms with Crippen LogP contribution in [0, 0.1) is 0 Å². The van der Waals surface area contributed by atoms with Crippen molar-refractivity contribution in [3.63, 3.8) is 0 Å². The van der Waals surface area contributed by atoms with E-state index in [2.05, 4.69) is 0 Å². The fourth-order valence-corrected chi connectivity index (χ4v) is 1.67. The Morgan fingerprint density at radius 3 is 3.06 bits per heavy atom. The molecule has 0 aromatic heterocycles. The highest BCUT2D eigenvalue weighted by Gasteiger charge is 2.17. The van der Waals surface area contributed by atoms with Gasteiger partial charge >= 0.3 is 5.97 Å². The number of carboxylic acids is 1. The maximum Gasteiger partial charge on any atom is 0.307 e. The van der Waals surface area contributed by atoms with Gasteiger partial charge in [0.15, 0.2) is 18.3 Å². The van der Waals surface area contributed by atoms with Crippen LogP contribution in [0.25, 0.3) is 0 Å². The van der Waals surface area contributed by atoms with Crippen molar-refractivity contribution < 1.29 is 24.1 Å². The minimum Gasteiger partial charge on any atom is -0.493 e. The van der Waals surface area contributed by atoms with Gasteiger partial charge in [-0.3, -0.25) is 4.79 Å². The highest BCUT2D eigenvalue weighted by atomic mass is 16.7. The van der Waals surface area contributed by atoms with Gasteiger partial charge in [0.2, 0.25) is 0 Å². The third-order valence-corrected chi connectivity index (χ3v) is 2.31. The molecule has 0 fully saturated rings. The molecule has 1 N–H and O–H groups in total. The molecule has 5 nitrogen and oxygen atoms in total. The van der Waals surface area contributed by atoms with Crippen LogP contribution >= 0.6 is 0 Å². The van der Waals surface area contributed by atoms with Crippen LogP contribution in [0.15, 0.2) is 12.1 Å². The lowest BCUT2D eigenvalue weighted by atomic mass is 10.1. The second kappa shape index (κ2) is 4.40. The lowest BCUT2D eigenvalue weighted by molar-refractivity contribution is -0.136. The summed E-state index contributed by atoms with van der Waals surface area (Å²) in [4.78, 5) is 10.6. The molecule has 0 amide bonds. The van der Waals surface area contributed by atoms with Crippen LogP contribution in [-0.4, -0.2) is 25.0 Å². The standard InChI is InChI=1S/C11H12O5/c1-14-9-3-7(4-10(12)13)2-8-5-15-6-16-11(8)9/h2-3H,4-6H2,1H3,(H,12,13). The molecule has 0 bridgehead atoms. The number of hydrogen-bond acceptors (Lipinski definition) is 4. The molecular formula is C11H12O5. The molecular weight excluding hydrogens is 212 g/mol. The lowest BCUT2D eigenvalue weighted by Gasteiger charge is -2.20. The second-order valence-electron chi connectivity index (χ2n) is 3.47. The zero-order chi connectivity index (χ0) is 11.5. The molecule has 86 valence electrons. The SMILES string of the molecule is COc1cc(CC(=O)O)cc2c1OCOC2. The largest absolute Gasteiger partial charge is 0.493 e. The first-order valence-electron chi connectivity index (χ1n) is 4.83. The van der Waals surface area contributed by atoms with Crippen molar-refractivity contribution in [2.75, 3.05) is 13.9 Å². The Labute approximate surface area is 92.5 Å². The third kappa shape index (κ3) is 2.09. The molecule has 1 aromatic rings. The molecule has 2 rings (SSSR count). The molecule has 0 unspecified atom stereocenters. The Balaban J connectivity index is 2.39. The number of methoxy groups -OCH3 is 1. The van der Waals surface area contributed by atoms with Crippen molar-refractivity contribution in [1.82, 2.24) is 0 Å². The first kappa shape index (κ1) is 10.8. The monoisotopic (exact) mass is 224 g/mol. The fourth-order valence-electron chi connectivity index (χ4n) is 1.67. The Hall–Kier alpha value is -1.75. The number of carbonyl (C=O) groups is 1. The lowest BCUT2D eigenvalue weighted by Crippen LogP contribution is -2.13. The molecule has 1 aliphatic heterocycles. The zero-order valence-electron chi connectivity index (χ0n) is 8.86. The molecule has 0 aliphatic carbocycles. The molecule has 0 saturated carbocycles. The van der Waals surface area contributed by atoms with Gasteiger partial charge in [-0.25, -0.2) is 0 Å². The van der Waals surface area contributed by atoms with Gasteiger partial charge in [0.1, 0.15) is 0 Å². The minimum absolute atomic E-state index is 0.0381. The first-order chi connectivity index (χ1) is 7.70. The van der Waals surface area contributed by atoms with E-state index in [9.17, 15) is 4.79 Å².